The second-order valence-electron chi connectivity index (χ2n) is 7.39. The molecule has 2 aliphatic heterocycles. The number of nitrogens with one attached hydrogen (secondary N) is 2. The molecule has 2 aromatic rings. The zero-order valence-electron chi connectivity index (χ0n) is 15.6. The molecule has 27 heavy (non-hydrogen) atoms. The van der Waals surface area contributed by atoms with Crippen LogP contribution in [0.2, 0.25) is 0 Å². The van der Waals surface area contributed by atoms with Gasteiger partial charge in [-0.05, 0) is 87.3 Å². The standard InChI is InChI=1S/C22H27N3O2/c26-22(21-4-3-13-23-21)24-18-7-11-20(12-8-18)27-19-9-5-17(6-10-19)16-25-14-1-2-15-25/h5-12,21,23H,1-4,13-16H2,(H,24,26)/t21-/m0/s1. The predicted octanol–water partition coefficient (Wildman–Crippen LogP) is 3.77. The van der Waals surface area contributed by atoms with Crippen molar-refractivity contribution in [2.75, 3.05) is 25.0 Å². The number of rotatable bonds is 6. The summed E-state index contributed by atoms with van der Waals surface area (Å²) in [6, 6.07) is 15.8. The fraction of sp³-hybridized carbons (Fsp3) is 0.409. The van der Waals surface area contributed by atoms with Crippen molar-refractivity contribution in [1.29, 1.82) is 0 Å². The summed E-state index contributed by atoms with van der Waals surface area (Å²) < 4.78 is 5.92. The van der Waals surface area contributed by atoms with Crippen LogP contribution in [-0.4, -0.2) is 36.5 Å². The minimum atomic E-state index is -0.0694. The highest BCUT2D eigenvalue weighted by molar-refractivity contribution is 5.95. The molecule has 2 fully saturated rings. The number of carbonyl (C=O) groups excluding carboxylic acids is 1. The Labute approximate surface area is 160 Å². The van der Waals surface area contributed by atoms with E-state index in [9.17, 15) is 4.79 Å². The number of amides is 1. The first-order valence-corrected chi connectivity index (χ1v) is 9.90. The number of hydrogen-bond donors (Lipinski definition) is 2. The van der Waals surface area contributed by atoms with Gasteiger partial charge in [-0.25, -0.2) is 0 Å². The van der Waals surface area contributed by atoms with Gasteiger partial charge in [0.15, 0.2) is 0 Å². The topological polar surface area (TPSA) is 53.6 Å². The average Bonchev–Trinajstić information content (AvgIpc) is 3.39. The van der Waals surface area contributed by atoms with Crippen LogP contribution in [0.4, 0.5) is 5.69 Å². The van der Waals surface area contributed by atoms with E-state index in [0.717, 1.165) is 43.1 Å². The van der Waals surface area contributed by atoms with Crippen LogP contribution in [0.5, 0.6) is 11.5 Å². The first-order chi connectivity index (χ1) is 13.3. The number of anilines is 1. The lowest BCUT2D eigenvalue weighted by molar-refractivity contribution is -0.117. The summed E-state index contributed by atoms with van der Waals surface area (Å²) in [7, 11) is 0. The van der Waals surface area contributed by atoms with E-state index in [1.807, 2.05) is 36.4 Å². The zero-order valence-corrected chi connectivity index (χ0v) is 15.6. The Kier molecular flexibility index (Phi) is 5.70. The fourth-order valence-electron chi connectivity index (χ4n) is 3.74. The maximum absolute atomic E-state index is 12.1. The molecule has 0 unspecified atom stereocenters. The van der Waals surface area contributed by atoms with Crippen LogP contribution in [0.3, 0.4) is 0 Å². The lowest BCUT2D eigenvalue weighted by Crippen LogP contribution is -2.35. The summed E-state index contributed by atoms with van der Waals surface area (Å²) >= 11 is 0. The van der Waals surface area contributed by atoms with E-state index in [1.54, 1.807) is 0 Å². The van der Waals surface area contributed by atoms with Gasteiger partial charge < -0.3 is 15.4 Å². The summed E-state index contributed by atoms with van der Waals surface area (Å²) in [5, 5.41) is 6.16. The second-order valence-corrected chi connectivity index (χ2v) is 7.39. The smallest absolute Gasteiger partial charge is 0.241 e. The van der Waals surface area contributed by atoms with Gasteiger partial charge in [-0.15, -0.1) is 0 Å². The number of benzene rings is 2. The van der Waals surface area contributed by atoms with Crippen LogP contribution < -0.4 is 15.4 Å². The summed E-state index contributed by atoms with van der Waals surface area (Å²) in [6.07, 6.45) is 4.59. The Hall–Kier alpha value is -2.37. The molecule has 0 aromatic heterocycles. The van der Waals surface area contributed by atoms with Crippen molar-refractivity contribution in [3.8, 4) is 11.5 Å². The van der Waals surface area contributed by atoms with Crippen LogP contribution in [0.1, 0.15) is 31.2 Å². The van der Waals surface area contributed by atoms with Crippen molar-refractivity contribution >= 4 is 11.6 Å². The molecule has 2 saturated heterocycles. The van der Waals surface area contributed by atoms with Crippen molar-refractivity contribution in [2.45, 2.75) is 38.3 Å². The van der Waals surface area contributed by atoms with Gasteiger partial charge in [0.2, 0.25) is 5.91 Å². The van der Waals surface area contributed by atoms with Crippen molar-refractivity contribution in [2.24, 2.45) is 0 Å². The normalized spacial score (nSPS) is 19.9. The van der Waals surface area contributed by atoms with Gasteiger partial charge in [-0.2, -0.15) is 0 Å². The first-order valence-electron chi connectivity index (χ1n) is 9.90. The SMILES string of the molecule is O=C(Nc1ccc(Oc2ccc(CN3CCCC3)cc2)cc1)[C@@H]1CCCN1. The molecule has 2 aliphatic rings. The van der Waals surface area contributed by atoms with Crippen LogP contribution in [0.25, 0.3) is 0 Å². The number of likely N-dealkylation sites (tertiary alicyclic amines) is 1. The maximum atomic E-state index is 12.1. The molecule has 2 N–H and O–H groups in total. The van der Waals surface area contributed by atoms with E-state index in [0.29, 0.717) is 0 Å². The Morgan fingerprint density at radius 1 is 1.00 bits per heavy atom. The van der Waals surface area contributed by atoms with Crippen molar-refractivity contribution in [3.63, 3.8) is 0 Å². The van der Waals surface area contributed by atoms with Crippen LogP contribution in [0, 0.1) is 0 Å². The number of nitrogens with zero attached hydrogens (tertiary/aromatic N) is 1. The zero-order chi connectivity index (χ0) is 18.5. The number of hydrogen-bond acceptors (Lipinski definition) is 4. The van der Waals surface area contributed by atoms with E-state index in [4.69, 9.17) is 4.74 Å². The fourth-order valence-corrected chi connectivity index (χ4v) is 3.74. The maximum Gasteiger partial charge on any atom is 0.241 e. The van der Waals surface area contributed by atoms with Gasteiger partial charge in [0.05, 0.1) is 6.04 Å². The van der Waals surface area contributed by atoms with Crippen LogP contribution in [0.15, 0.2) is 48.5 Å². The minimum Gasteiger partial charge on any atom is -0.457 e. The molecule has 142 valence electrons. The van der Waals surface area contributed by atoms with Gasteiger partial charge in [0.25, 0.3) is 0 Å². The Bertz CT molecular complexity index is 746. The van der Waals surface area contributed by atoms with E-state index in [2.05, 4.69) is 27.7 Å². The van der Waals surface area contributed by atoms with Crippen LogP contribution >= 0.6 is 0 Å². The average molecular weight is 365 g/mol. The van der Waals surface area contributed by atoms with Gasteiger partial charge >= 0.3 is 0 Å². The largest absolute Gasteiger partial charge is 0.457 e. The molecule has 0 aliphatic carbocycles. The third kappa shape index (κ3) is 4.87. The molecular weight excluding hydrogens is 338 g/mol. The second kappa shape index (κ2) is 8.55. The quantitative estimate of drug-likeness (QED) is 0.818. The number of carbonyl (C=O) groups is 1. The highest BCUT2D eigenvalue weighted by atomic mass is 16.5. The minimum absolute atomic E-state index is 0.0368. The monoisotopic (exact) mass is 365 g/mol. The molecule has 5 nitrogen and oxygen atoms in total. The van der Waals surface area contributed by atoms with Crippen LogP contribution in [-0.2, 0) is 11.3 Å². The number of ether oxygens (including phenoxy) is 1. The highest BCUT2D eigenvalue weighted by Crippen LogP contribution is 2.24. The van der Waals surface area contributed by atoms with E-state index in [1.165, 1.54) is 31.5 Å². The third-order valence-corrected chi connectivity index (χ3v) is 5.26. The molecule has 5 heteroatoms. The lowest BCUT2D eigenvalue weighted by atomic mass is 10.2. The molecule has 1 atom stereocenters. The molecular formula is C22H27N3O2. The molecule has 0 radical (unpaired) electrons. The Morgan fingerprint density at radius 3 is 2.30 bits per heavy atom. The molecule has 2 aromatic carbocycles. The van der Waals surface area contributed by atoms with Gasteiger partial charge in [-0.1, -0.05) is 12.1 Å². The summed E-state index contributed by atoms with van der Waals surface area (Å²) in [5.41, 5.74) is 2.12. The lowest BCUT2D eigenvalue weighted by Gasteiger charge is -2.15. The summed E-state index contributed by atoms with van der Waals surface area (Å²) in [4.78, 5) is 14.6. The molecule has 2 heterocycles. The molecule has 0 spiro atoms. The molecule has 0 bridgehead atoms. The highest BCUT2D eigenvalue weighted by Gasteiger charge is 2.21. The van der Waals surface area contributed by atoms with Crippen molar-refractivity contribution in [3.05, 3.63) is 54.1 Å². The summed E-state index contributed by atoms with van der Waals surface area (Å²) in [6.45, 7) is 4.35. The van der Waals surface area contributed by atoms with E-state index < -0.39 is 0 Å². The van der Waals surface area contributed by atoms with Crippen molar-refractivity contribution in [1.82, 2.24) is 10.2 Å². The van der Waals surface area contributed by atoms with Gasteiger partial charge in [0, 0.05) is 12.2 Å². The molecule has 0 saturated carbocycles. The molecule has 1 amide bonds. The Balaban J connectivity index is 1.30. The summed E-state index contributed by atoms with van der Waals surface area (Å²) in [5.74, 6) is 1.63. The molecule has 4 rings (SSSR count). The van der Waals surface area contributed by atoms with Gasteiger partial charge in [-0.3, -0.25) is 9.69 Å². The van der Waals surface area contributed by atoms with Crippen molar-refractivity contribution < 1.29 is 9.53 Å². The first kappa shape index (κ1) is 18.0. The van der Waals surface area contributed by atoms with E-state index >= 15 is 0 Å². The third-order valence-electron chi connectivity index (χ3n) is 5.26. The predicted molar refractivity (Wildman–Crippen MR) is 107 cm³/mol. The van der Waals surface area contributed by atoms with E-state index in [-0.39, 0.29) is 11.9 Å². The van der Waals surface area contributed by atoms with Gasteiger partial charge in [0.1, 0.15) is 11.5 Å². The Morgan fingerprint density at radius 2 is 1.67 bits per heavy atom.